The Balaban J connectivity index is 1.32. The van der Waals surface area contributed by atoms with Gasteiger partial charge in [0.1, 0.15) is 0 Å². The van der Waals surface area contributed by atoms with Crippen molar-refractivity contribution in [3.63, 3.8) is 0 Å². The van der Waals surface area contributed by atoms with E-state index in [-0.39, 0.29) is 15.8 Å². The molecule has 5 atom stereocenters. The maximum atomic E-state index is 2.82. The van der Waals surface area contributed by atoms with E-state index in [0.717, 1.165) is 17.3 Å². The van der Waals surface area contributed by atoms with Gasteiger partial charge in [0, 0.05) is 0 Å². The van der Waals surface area contributed by atoms with Crippen molar-refractivity contribution in [3.05, 3.63) is 0 Å². The maximum absolute atomic E-state index is 4.13. The van der Waals surface area contributed by atoms with Crippen LogP contribution in [0.25, 0.3) is 0 Å². The molecule has 10 fully saturated rings. The molecular formula is C36H64FeP2. The van der Waals surface area contributed by atoms with E-state index in [1.54, 1.807) is 12.3 Å². The van der Waals surface area contributed by atoms with Crippen molar-refractivity contribution in [1.29, 1.82) is 0 Å². The Labute approximate surface area is 235 Å². The number of hydrogen-bond acceptors (Lipinski definition) is 0. The van der Waals surface area contributed by atoms with E-state index in [1.165, 1.54) is 28.9 Å². The summed E-state index contributed by atoms with van der Waals surface area (Å²) in [5.74, 6) is 0. The normalized spacial score (nSPS) is 67.6. The van der Waals surface area contributed by atoms with Crippen LogP contribution in [0.4, 0.5) is 0 Å². The first-order valence-corrected chi connectivity index (χ1v) is 25.7. The summed E-state index contributed by atoms with van der Waals surface area (Å²) in [5.41, 5.74) is 1.01. The van der Waals surface area contributed by atoms with Crippen LogP contribution in [-0.4, -0.2) is 32.9 Å². The SMILES string of the molecule is CC(C)(C)P(C[C]12[CH]3[C]4(C(C)(C)C)[C]5(C(C)(C)C)[C]1(CP(C(C)(C)C)C(C)(C)C)[Fe]32451678[CH]2[CH]1[CH]6[CH]7[CH]28)C(C)(C)C. The molecule has 0 nitrogen and oxygen atoms in total. The molecule has 10 aliphatic rings. The molecule has 0 aromatic carbocycles. The van der Waals surface area contributed by atoms with Crippen molar-refractivity contribution in [2.45, 2.75) is 191 Å². The monoisotopic (exact) mass is 614 g/mol. The van der Waals surface area contributed by atoms with Crippen LogP contribution in [0.2, 0.25) is 46.2 Å². The number of hydrogen-bond donors (Lipinski definition) is 0. The molecule has 10 rings (SSSR count). The number of rotatable bonds is 4. The van der Waals surface area contributed by atoms with Gasteiger partial charge in [-0.1, -0.05) is 0 Å². The van der Waals surface area contributed by atoms with Crippen LogP contribution in [0.1, 0.15) is 125 Å². The topological polar surface area (TPSA) is 0 Å². The van der Waals surface area contributed by atoms with Gasteiger partial charge in [-0.25, -0.2) is 0 Å². The van der Waals surface area contributed by atoms with Crippen LogP contribution in [0, 0.1) is 10.8 Å². The molecule has 0 radical (unpaired) electrons. The average molecular weight is 615 g/mol. The van der Waals surface area contributed by atoms with Crippen molar-refractivity contribution in [2.75, 3.05) is 12.3 Å². The molecular weight excluding hydrogens is 550 g/mol. The van der Waals surface area contributed by atoms with Crippen molar-refractivity contribution in [2.24, 2.45) is 10.8 Å². The third kappa shape index (κ3) is 0.579. The van der Waals surface area contributed by atoms with Gasteiger partial charge in [0.15, 0.2) is 0 Å². The minimum absolute atomic E-state index is 0.0361. The van der Waals surface area contributed by atoms with E-state index in [2.05, 4.69) is 125 Å². The van der Waals surface area contributed by atoms with E-state index in [1.807, 2.05) is 0 Å². The van der Waals surface area contributed by atoms with Crippen LogP contribution >= 0.6 is 15.8 Å². The Morgan fingerprint density at radius 1 is 0.487 bits per heavy atom. The van der Waals surface area contributed by atoms with Gasteiger partial charge in [-0.2, -0.15) is 0 Å². The fourth-order valence-electron chi connectivity index (χ4n) is 27.1. The molecule has 0 saturated carbocycles. The Bertz CT molecular complexity index is 1640. The van der Waals surface area contributed by atoms with E-state index in [0.29, 0.717) is 31.5 Å². The standard InChI is InChI=1S/C31H59P2.C5H5.Fe/c1-26(2,3)24-19-22(20-32(28(7,8)9)29(10,11)12)23(25(24)27(4,5)6)21-33(30(13,14)15)31(16,17)18;1-2-4-5-3-1;/h19H,20-21H2,1-18H3;1-5H;. The summed E-state index contributed by atoms with van der Waals surface area (Å²) in [6.45, 7) is 44.6. The summed E-state index contributed by atoms with van der Waals surface area (Å²) in [5, 5.41) is 1.81. The molecule has 0 N–H and O–H groups in total. The van der Waals surface area contributed by atoms with Crippen LogP contribution in [0.3, 0.4) is 0 Å². The van der Waals surface area contributed by atoms with Gasteiger partial charge >= 0.3 is 237 Å². The first-order chi connectivity index (χ1) is 16.9. The van der Waals surface area contributed by atoms with Gasteiger partial charge in [-0.3, -0.25) is 0 Å². The summed E-state index contributed by atoms with van der Waals surface area (Å²) in [6, 6.07) is 0. The molecule has 0 aromatic rings. The summed E-state index contributed by atoms with van der Waals surface area (Å²) in [6.07, 6.45) is 3.40. The first-order valence-electron chi connectivity index (χ1n) is 16.7. The van der Waals surface area contributed by atoms with Crippen LogP contribution in [0.5, 0.6) is 0 Å². The van der Waals surface area contributed by atoms with Gasteiger partial charge in [-0.15, -0.1) is 0 Å². The zero-order chi connectivity index (χ0) is 29.3. The van der Waals surface area contributed by atoms with E-state index >= 15 is 0 Å². The summed E-state index contributed by atoms with van der Waals surface area (Å²) in [7, 11) is -0.0930. The molecule has 226 valence electrons. The second-order valence-electron chi connectivity index (χ2n) is 24.5. The van der Waals surface area contributed by atoms with E-state index in [9.17, 15) is 0 Å². The fourth-order valence-corrected chi connectivity index (χ4v) is 127. The van der Waals surface area contributed by atoms with Crippen LogP contribution < -0.4 is 0 Å². The van der Waals surface area contributed by atoms with Gasteiger partial charge in [0.05, 0.1) is 0 Å². The molecule has 5 unspecified atom stereocenters. The molecule has 10 aliphatic heterocycles. The van der Waals surface area contributed by atoms with Crippen molar-refractivity contribution in [1.82, 2.24) is 0 Å². The third-order valence-corrected chi connectivity index (χ3v) is 76.4. The molecule has 10 heterocycles. The summed E-state index contributed by atoms with van der Waals surface area (Å²) in [4.78, 5) is 7.90. The molecule has 0 amide bonds. The Morgan fingerprint density at radius 2 is 0.821 bits per heavy atom. The summed E-state index contributed by atoms with van der Waals surface area (Å²) < 4.78 is 3.34. The van der Waals surface area contributed by atoms with Gasteiger partial charge in [0.25, 0.3) is 0 Å². The Hall–Kier alpha value is 1.38. The van der Waals surface area contributed by atoms with Crippen LogP contribution in [-0.2, 0) is 6.51 Å². The minimum atomic E-state index is -4.13. The summed E-state index contributed by atoms with van der Waals surface area (Å²) >= 11 is 0. The molecule has 39 heavy (non-hydrogen) atoms. The molecule has 10 saturated heterocycles. The van der Waals surface area contributed by atoms with Crippen LogP contribution in [0.15, 0.2) is 0 Å². The zero-order valence-electron chi connectivity index (χ0n) is 29.1. The second-order valence-corrected chi connectivity index (χ2v) is 55.0. The van der Waals surface area contributed by atoms with Crippen molar-refractivity contribution >= 4 is 15.8 Å². The van der Waals surface area contributed by atoms with Gasteiger partial charge in [0.2, 0.25) is 0 Å². The Morgan fingerprint density at radius 3 is 1.08 bits per heavy atom. The average Bonchev–Trinajstić information content (AvgIpc) is 3.58. The molecule has 0 aromatic heterocycles. The predicted octanol–water partition coefficient (Wildman–Crippen LogP) is 13.1. The van der Waals surface area contributed by atoms with Crippen molar-refractivity contribution in [3.8, 4) is 0 Å². The first kappa shape index (κ1) is 25.7. The molecule has 3 heteroatoms. The molecule has 0 bridgehead atoms. The predicted molar refractivity (Wildman–Crippen MR) is 175 cm³/mol. The van der Waals surface area contributed by atoms with E-state index in [4.69, 9.17) is 0 Å². The Kier molecular flexibility index (Phi) is 2.18. The van der Waals surface area contributed by atoms with Gasteiger partial charge in [-0.05, 0) is 0 Å². The van der Waals surface area contributed by atoms with Crippen molar-refractivity contribution < 1.29 is 6.51 Å². The molecule has 1 spiro atoms. The third-order valence-electron chi connectivity index (χ3n) is 21.9. The molecule has 0 aliphatic carbocycles. The van der Waals surface area contributed by atoms with Gasteiger partial charge < -0.3 is 0 Å². The quantitative estimate of drug-likeness (QED) is 0.218. The fraction of sp³-hybridized carbons (Fsp3) is 1.00. The van der Waals surface area contributed by atoms with E-state index < -0.39 is 6.51 Å². The second kappa shape index (κ2) is 3.31. The number of fused-ring (bicyclic) bond motifs is 10. The zero-order valence-corrected chi connectivity index (χ0v) is 32.0.